The Bertz CT molecular complexity index is 2100. The van der Waals surface area contributed by atoms with Crippen molar-refractivity contribution in [2.75, 3.05) is 27.5 Å². The van der Waals surface area contributed by atoms with Gasteiger partial charge in [0.2, 0.25) is 6.79 Å². The highest BCUT2D eigenvalue weighted by Gasteiger charge is 2.53. The van der Waals surface area contributed by atoms with Gasteiger partial charge in [-0.25, -0.2) is 0 Å². The van der Waals surface area contributed by atoms with Crippen LogP contribution in [-0.4, -0.2) is 82.3 Å². The number of nitrogens with zero attached hydrogens (tertiary/aromatic N) is 4. The molecular weight excluding hydrogens is 632 g/mol. The van der Waals surface area contributed by atoms with Gasteiger partial charge in [-0.3, -0.25) is 19.3 Å². The molecule has 3 aromatic carbocycles. The number of phenolic OH excluding ortho intramolecular Hbond substituents is 2. The summed E-state index contributed by atoms with van der Waals surface area (Å²) in [5.41, 5.74) is 4.47. The molecule has 0 fully saturated rings. The highest BCUT2D eigenvalue weighted by molar-refractivity contribution is 6.21. The van der Waals surface area contributed by atoms with E-state index in [0.29, 0.717) is 56.3 Å². The van der Waals surface area contributed by atoms with Crippen molar-refractivity contribution in [2.24, 2.45) is 0 Å². The summed E-state index contributed by atoms with van der Waals surface area (Å²) in [6.45, 7) is 4.42. The normalized spacial score (nSPS) is 21.2. The van der Waals surface area contributed by atoms with E-state index in [1.807, 2.05) is 16.8 Å². The van der Waals surface area contributed by atoms with Gasteiger partial charge in [-0.15, -0.1) is 0 Å². The van der Waals surface area contributed by atoms with Gasteiger partial charge >= 0.3 is 5.97 Å². The van der Waals surface area contributed by atoms with Crippen LogP contribution in [0.15, 0.2) is 30.0 Å². The molecule has 0 aromatic heterocycles. The van der Waals surface area contributed by atoms with Crippen molar-refractivity contribution >= 4 is 23.5 Å². The molecule has 0 saturated carbocycles. The van der Waals surface area contributed by atoms with Gasteiger partial charge in [-0.05, 0) is 26.0 Å². The van der Waals surface area contributed by atoms with E-state index in [-0.39, 0.29) is 60.3 Å². The van der Waals surface area contributed by atoms with Crippen molar-refractivity contribution in [3.8, 4) is 40.6 Å². The Labute approximate surface area is 281 Å². The van der Waals surface area contributed by atoms with Crippen molar-refractivity contribution in [2.45, 2.75) is 51.7 Å². The average molecular weight is 665 g/mol. The molecule has 3 atom stereocenters. The molecule has 8 rings (SSSR count). The number of likely N-dealkylation sites (N-methyl/N-ethyl adjacent to an activating group) is 1. The zero-order chi connectivity index (χ0) is 34.6. The highest BCUT2D eigenvalue weighted by atomic mass is 16.7. The molecular formula is C36H32N4O9. The standard InChI is InChI=1S/C36H32N4O9/c1-15-29(42)20-10-22-24(12-37)40-23(28(38(22)4)27(20)30(43)32(15)46-5)11-21-26(34-33(47-14-48-34)16(2)31(21)49-17(3)41)25(40)13-39-35(44)18-8-6-7-9-19(18)36(39)45/h6-9,22,24-25,42-43H,10-11,13-14H2,1-5H3/t22-,24+,25+/m1/s1. The smallest absolute Gasteiger partial charge is 0.308 e. The molecule has 13 nitrogen and oxygen atoms in total. The third-order valence-corrected chi connectivity index (χ3v) is 10.5. The lowest BCUT2D eigenvalue weighted by Crippen LogP contribution is -2.60. The van der Waals surface area contributed by atoms with Crippen LogP contribution >= 0.6 is 0 Å². The second-order valence-corrected chi connectivity index (χ2v) is 12.8. The van der Waals surface area contributed by atoms with Crippen LogP contribution < -0.4 is 18.9 Å². The minimum absolute atomic E-state index is 0.0374. The first kappa shape index (κ1) is 30.4. The predicted octanol–water partition coefficient (Wildman–Crippen LogP) is 3.70. The number of allylic oxidation sites excluding steroid dienone is 1. The number of fused-ring (bicyclic) bond motifs is 9. The van der Waals surface area contributed by atoms with Gasteiger partial charge in [-0.2, -0.15) is 5.26 Å². The fraction of sp³-hybridized carbons (Fsp3) is 0.333. The van der Waals surface area contributed by atoms with Crippen molar-refractivity contribution in [1.29, 1.82) is 5.26 Å². The van der Waals surface area contributed by atoms with Gasteiger partial charge in [0, 0.05) is 60.3 Å². The number of nitriles is 1. The van der Waals surface area contributed by atoms with E-state index < -0.39 is 35.9 Å². The van der Waals surface area contributed by atoms with Crippen LogP contribution in [0.25, 0.3) is 5.70 Å². The first-order valence-corrected chi connectivity index (χ1v) is 15.8. The second-order valence-electron chi connectivity index (χ2n) is 12.8. The van der Waals surface area contributed by atoms with E-state index in [9.17, 15) is 29.9 Å². The maximum Gasteiger partial charge on any atom is 0.308 e. The molecule has 2 amide bonds. The predicted molar refractivity (Wildman–Crippen MR) is 171 cm³/mol. The summed E-state index contributed by atoms with van der Waals surface area (Å²) >= 11 is 0. The van der Waals surface area contributed by atoms with Crippen molar-refractivity contribution in [1.82, 2.24) is 14.7 Å². The van der Waals surface area contributed by atoms with Crippen LogP contribution in [0.2, 0.25) is 0 Å². The number of imide groups is 1. The Balaban J connectivity index is 1.44. The number of hydrogen-bond donors (Lipinski definition) is 2. The van der Waals surface area contributed by atoms with Crippen LogP contribution in [0.5, 0.6) is 34.5 Å². The maximum atomic E-state index is 13.8. The number of esters is 1. The topological polar surface area (TPSA) is 162 Å². The van der Waals surface area contributed by atoms with E-state index in [1.165, 1.54) is 18.9 Å². The SMILES string of the molecule is COc1c(C)c(O)c2c(c1O)C1=C3Cc4c(OC(C)=O)c(C)c5c(c4[C@H](CN4C(=O)c6ccccc6C4=O)N3[C@@H](C#N)[C@@H](C2)N1C)OCO5. The molecule has 2 bridgehead atoms. The minimum atomic E-state index is -0.869. The fourth-order valence-electron chi connectivity index (χ4n) is 8.35. The number of amides is 2. The molecule has 49 heavy (non-hydrogen) atoms. The first-order valence-electron chi connectivity index (χ1n) is 15.8. The van der Waals surface area contributed by atoms with Gasteiger partial charge < -0.3 is 39.0 Å². The fourth-order valence-corrected chi connectivity index (χ4v) is 8.35. The van der Waals surface area contributed by atoms with Gasteiger partial charge in [0.1, 0.15) is 17.5 Å². The molecule has 0 radical (unpaired) electrons. The first-order chi connectivity index (χ1) is 23.5. The van der Waals surface area contributed by atoms with E-state index in [0.717, 1.165) is 0 Å². The summed E-state index contributed by atoms with van der Waals surface area (Å²) < 4.78 is 23.3. The molecule has 250 valence electrons. The summed E-state index contributed by atoms with van der Waals surface area (Å²) in [4.78, 5) is 45.1. The number of methoxy groups -OCH3 is 1. The number of carbonyl (C=O) groups is 3. The summed E-state index contributed by atoms with van der Waals surface area (Å²) in [7, 11) is 3.23. The zero-order valence-corrected chi connectivity index (χ0v) is 27.4. The Morgan fingerprint density at radius 1 is 1.02 bits per heavy atom. The maximum absolute atomic E-state index is 13.8. The molecule has 5 aliphatic rings. The molecule has 0 aliphatic carbocycles. The van der Waals surface area contributed by atoms with Crippen molar-refractivity contribution in [3.63, 3.8) is 0 Å². The molecule has 13 heteroatoms. The molecule has 5 aliphatic heterocycles. The molecule has 0 spiro atoms. The summed E-state index contributed by atoms with van der Waals surface area (Å²) in [5.74, 6) is -0.605. The molecule has 5 heterocycles. The lowest BCUT2D eigenvalue weighted by molar-refractivity contribution is -0.132. The van der Waals surface area contributed by atoms with Crippen LogP contribution in [-0.2, 0) is 17.6 Å². The average Bonchev–Trinajstić information content (AvgIpc) is 3.66. The van der Waals surface area contributed by atoms with Gasteiger partial charge in [0.05, 0.1) is 54.2 Å². The monoisotopic (exact) mass is 664 g/mol. The summed E-state index contributed by atoms with van der Waals surface area (Å²) in [6, 6.07) is 6.84. The van der Waals surface area contributed by atoms with Gasteiger partial charge in [0.25, 0.3) is 11.8 Å². The molecule has 0 unspecified atom stereocenters. The van der Waals surface area contributed by atoms with Crippen LogP contribution in [0.3, 0.4) is 0 Å². The Hall–Kier alpha value is -5.90. The van der Waals surface area contributed by atoms with Gasteiger partial charge in [0.15, 0.2) is 23.0 Å². The van der Waals surface area contributed by atoms with Crippen molar-refractivity contribution in [3.05, 3.63) is 74.5 Å². The Morgan fingerprint density at radius 2 is 1.69 bits per heavy atom. The number of rotatable bonds is 4. The van der Waals surface area contributed by atoms with Gasteiger partial charge in [-0.1, -0.05) is 12.1 Å². The Morgan fingerprint density at radius 3 is 2.33 bits per heavy atom. The van der Waals surface area contributed by atoms with Crippen LogP contribution in [0.4, 0.5) is 0 Å². The number of aromatic hydroxyl groups is 2. The third kappa shape index (κ3) is 3.94. The van der Waals surface area contributed by atoms with Crippen molar-refractivity contribution < 1.29 is 43.5 Å². The van der Waals surface area contributed by atoms with E-state index >= 15 is 0 Å². The Kier molecular flexibility index (Phi) is 6.55. The largest absolute Gasteiger partial charge is 0.507 e. The third-order valence-electron chi connectivity index (χ3n) is 10.5. The minimum Gasteiger partial charge on any atom is -0.507 e. The van der Waals surface area contributed by atoms with E-state index in [4.69, 9.17) is 18.9 Å². The number of hydrogen-bond acceptors (Lipinski definition) is 12. The van der Waals surface area contributed by atoms with Crippen LogP contribution in [0, 0.1) is 25.2 Å². The number of phenols is 2. The quantitative estimate of drug-likeness (QED) is 0.180. The van der Waals surface area contributed by atoms with Crippen LogP contribution in [0.1, 0.15) is 67.1 Å². The summed E-state index contributed by atoms with van der Waals surface area (Å²) in [5, 5.41) is 34.0. The number of carbonyl (C=O) groups excluding carboxylic acids is 3. The molecule has 2 N–H and O–H groups in total. The molecule has 3 aromatic rings. The highest BCUT2D eigenvalue weighted by Crippen LogP contribution is 2.59. The summed E-state index contributed by atoms with van der Waals surface area (Å²) in [6.07, 6.45) is 0.312. The number of ether oxygens (including phenoxy) is 4. The molecule has 0 saturated heterocycles. The zero-order valence-electron chi connectivity index (χ0n) is 27.4. The van der Waals surface area contributed by atoms with E-state index in [1.54, 1.807) is 38.1 Å². The lowest BCUT2D eigenvalue weighted by atomic mass is 9.77. The lowest BCUT2D eigenvalue weighted by Gasteiger charge is -2.55. The second kappa shape index (κ2) is 10.6. The number of benzene rings is 3. The van der Waals surface area contributed by atoms with E-state index in [2.05, 4.69) is 6.07 Å².